The summed E-state index contributed by atoms with van der Waals surface area (Å²) >= 11 is 1.27. The Balaban J connectivity index is 1.40. The molecule has 1 fully saturated rings. The minimum atomic E-state index is -3.55. The zero-order chi connectivity index (χ0) is 24.1. The predicted molar refractivity (Wildman–Crippen MR) is 131 cm³/mol. The first kappa shape index (κ1) is 24.1. The number of piperazine rings is 1. The molecule has 4 rings (SSSR count). The third-order valence-electron chi connectivity index (χ3n) is 5.60. The molecule has 8 nitrogen and oxygen atoms in total. The maximum atomic E-state index is 12.8. The van der Waals surface area contributed by atoms with Crippen molar-refractivity contribution in [2.45, 2.75) is 4.90 Å². The van der Waals surface area contributed by atoms with E-state index in [9.17, 15) is 18.0 Å². The van der Waals surface area contributed by atoms with Crippen molar-refractivity contribution in [3.8, 4) is 11.1 Å². The van der Waals surface area contributed by atoms with Gasteiger partial charge in [-0.1, -0.05) is 48.5 Å². The van der Waals surface area contributed by atoms with Gasteiger partial charge in [0.2, 0.25) is 15.9 Å². The molecule has 0 unspecified atom stereocenters. The third kappa shape index (κ3) is 5.20. The van der Waals surface area contributed by atoms with Crippen molar-refractivity contribution in [3.63, 3.8) is 0 Å². The molecular weight excluding hydrogens is 474 g/mol. The molecule has 0 bridgehead atoms. The first-order valence-electron chi connectivity index (χ1n) is 10.7. The number of hydrogen-bond acceptors (Lipinski definition) is 7. The topological polar surface area (TPSA) is 96.0 Å². The zero-order valence-electron chi connectivity index (χ0n) is 18.6. The summed E-state index contributed by atoms with van der Waals surface area (Å²) in [6, 6.07) is 17.8. The average Bonchev–Trinajstić information content (AvgIpc) is 3.28. The van der Waals surface area contributed by atoms with Crippen molar-refractivity contribution >= 4 is 38.2 Å². The second-order valence-corrected chi connectivity index (χ2v) is 10.6. The first-order chi connectivity index (χ1) is 16.4. The number of carbonyl (C=O) groups is 2. The molecule has 0 saturated carbocycles. The lowest BCUT2D eigenvalue weighted by molar-refractivity contribution is -0.117. The van der Waals surface area contributed by atoms with Crippen LogP contribution in [0.4, 0.5) is 5.00 Å². The Bertz CT molecular complexity index is 1250. The number of hydrogen-bond donors (Lipinski definition) is 1. The van der Waals surface area contributed by atoms with E-state index in [1.54, 1.807) is 30.3 Å². The maximum absolute atomic E-state index is 12.8. The van der Waals surface area contributed by atoms with Gasteiger partial charge < -0.3 is 10.1 Å². The molecule has 0 radical (unpaired) electrons. The molecule has 1 aliphatic heterocycles. The van der Waals surface area contributed by atoms with Gasteiger partial charge in [0.05, 0.1) is 18.6 Å². The van der Waals surface area contributed by atoms with Gasteiger partial charge in [0, 0.05) is 37.1 Å². The van der Waals surface area contributed by atoms with Crippen LogP contribution in [0.3, 0.4) is 0 Å². The van der Waals surface area contributed by atoms with Crippen molar-refractivity contribution in [1.82, 2.24) is 9.21 Å². The predicted octanol–water partition coefficient (Wildman–Crippen LogP) is 3.15. The Morgan fingerprint density at radius 1 is 0.971 bits per heavy atom. The lowest BCUT2D eigenvalue weighted by Gasteiger charge is -2.33. The highest BCUT2D eigenvalue weighted by molar-refractivity contribution is 7.89. The fourth-order valence-electron chi connectivity index (χ4n) is 3.82. The molecule has 34 heavy (non-hydrogen) atoms. The Morgan fingerprint density at radius 3 is 2.21 bits per heavy atom. The van der Waals surface area contributed by atoms with E-state index in [0.29, 0.717) is 42.3 Å². The van der Waals surface area contributed by atoms with E-state index in [1.807, 2.05) is 40.6 Å². The minimum Gasteiger partial charge on any atom is -0.465 e. The summed E-state index contributed by atoms with van der Waals surface area (Å²) in [7, 11) is -2.24. The highest BCUT2D eigenvalue weighted by atomic mass is 32.2. The van der Waals surface area contributed by atoms with Gasteiger partial charge in [-0.15, -0.1) is 11.3 Å². The van der Waals surface area contributed by atoms with Crippen LogP contribution in [0.2, 0.25) is 0 Å². The van der Waals surface area contributed by atoms with E-state index in [4.69, 9.17) is 4.74 Å². The van der Waals surface area contributed by atoms with E-state index in [0.717, 1.165) is 5.56 Å². The summed E-state index contributed by atoms with van der Waals surface area (Å²) in [6.45, 7) is 1.56. The van der Waals surface area contributed by atoms with Crippen LogP contribution in [0.1, 0.15) is 10.4 Å². The van der Waals surface area contributed by atoms with Crippen molar-refractivity contribution in [2.24, 2.45) is 0 Å². The number of carbonyl (C=O) groups excluding carboxylic acids is 2. The first-order valence-corrected chi connectivity index (χ1v) is 13.0. The van der Waals surface area contributed by atoms with Crippen LogP contribution in [0.25, 0.3) is 11.1 Å². The molecule has 10 heteroatoms. The molecule has 1 aliphatic rings. The number of thiophene rings is 1. The molecule has 1 N–H and O–H groups in total. The Hall–Kier alpha value is -3.05. The summed E-state index contributed by atoms with van der Waals surface area (Å²) in [5.41, 5.74) is 1.88. The van der Waals surface area contributed by atoms with Crippen LogP contribution < -0.4 is 5.32 Å². The molecule has 0 spiro atoms. The number of amides is 1. The van der Waals surface area contributed by atoms with Crippen LogP contribution >= 0.6 is 11.3 Å². The van der Waals surface area contributed by atoms with Gasteiger partial charge in [-0.25, -0.2) is 13.2 Å². The Kier molecular flexibility index (Phi) is 7.42. The number of nitrogens with one attached hydrogen (secondary N) is 1. The third-order valence-corrected chi connectivity index (χ3v) is 8.41. The van der Waals surface area contributed by atoms with Crippen LogP contribution in [-0.4, -0.2) is 69.3 Å². The summed E-state index contributed by atoms with van der Waals surface area (Å²) in [4.78, 5) is 27.4. The van der Waals surface area contributed by atoms with Gasteiger partial charge in [0.1, 0.15) is 10.6 Å². The number of benzene rings is 2. The van der Waals surface area contributed by atoms with E-state index in [-0.39, 0.29) is 17.3 Å². The second-order valence-electron chi connectivity index (χ2n) is 7.75. The molecule has 1 amide bonds. The smallest absolute Gasteiger partial charge is 0.341 e. The van der Waals surface area contributed by atoms with Gasteiger partial charge in [-0.3, -0.25) is 9.69 Å². The minimum absolute atomic E-state index is 0.0956. The van der Waals surface area contributed by atoms with Gasteiger partial charge in [-0.05, 0) is 17.7 Å². The lowest BCUT2D eigenvalue weighted by atomic mass is 10.0. The number of anilines is 1. The molecule has 178 valence electrons. The van der Waals surface area contributed by atoms with Crippen molar-refractivity contribution in [2.75, 3.05) is 45.2 Å². The summed E-state index contributed by atoms with van der Waals surface area (Å²) in [5, 5.41) is 5.09. The molecule has 1 saturated heterocycles. The van der Waals surface area contributed by atoms with E-state index < -0.39 is 16.0 Å². The number of esters is 1. The van der Waals surface area contributed by atoms with Crippen LogP contribution in [-0.2, 0) is 19.6 Å². The monoisotopic (exact) mass is 499 g/mol. The van der Waals surface area contributed by atoms with Crippen molar-refractivity contribution < 1.29 is 22.7 Å². The van der Waals surface area contributed by atoms with Crippen LogP contribution in [0.5, 0.6) is 0 Å². The fraction of sp³-hybridized carbons (Fsp3) is 0.250. The van der Waals surface area contributed by atoms with Crippen molar-refractivity contribution in [1.29, 1.82) is 0 Å². The Morgan fingerprint density at radius 2 is 1.59 bits per heavy atom. The highest BCUT2D eigenvalue weighted by Gasteiger charge is 2.29. The lowest BCUT2D eigenvalue weighted by Crippen LogP contribution is -2.50. The normalized spacial score (nSPS) is 15.1. The van der Waals surface area contributed by atoms with E-state index in [1.165, 1.54) is 22.8 Å². The molecule has 1 aromatic heterocycles. The Labute approximate surface area is 202 Å². The quantitative estimate of drug-likeness (QED) is 0.502. The fourth-order valence-corrected chi connectivity index (χ4v) is 6.24. The second kappa shape index (κ2) is 10.5. The van der Waals surface area contributed by atoms with Crippen LogP contribution in [0, 0.1) is 0 Å². The molecule has 2 aromatic carbocycles. The molecule has 2 heterocycles. The zero-order valence-corrected chi connectivity index (χ0v) is 20.3. The largest absolute Gasteiger partial charge is 0.465 e. The molecular formula is C24H25N3O5S2. The molecule has 0 aliphatic carbocycles. The number of nitrogens with zero attached hydrogens (tertiary/aromatic N) is 2. The number of methoxy groups -OCH3 is 1. The van der Waals surface area contributed by atoms with Gasteiger partial charge in [0.15, 0.2) is 0 Å². The number of ether oxygens (including phenoxy) is 1. The number of sulfonamides is 1. The average molecular weight is 500 g/mol. The van der Waals surface area contributed by atoms with E-state index in [2.05, 4.69) is 5.32 Å². The standard InChI is InChI=1S/C24H25N3O5S2/c1-32-24(29)22-20(18-8-4-2-5-9-18)17-33-23(22)25-21(28)16-26-12-14-27(15-13-26)34(30,31)19-10-6-3-7-11-19/h2-11,17H,12-16H2,1H3,(H,25,28). The van der Waals surface area contributed by atoms with Crippen LogP contribution in [0.15, 0.2) is 70.9 Å². The number of rotatable bonds is 7. The summed E-state index contributed by atoms with van der Waals surface area (Å²) < 4.78 is 32.0. The SMILES string of the molecule is COC(=O)c1c(-c2ccccc2)csc1NC(=O)CN1CCN(S(=O)(=O)c2ccccc2)CC1. The molecule has 3 aromatic rings. The van der Waals surface area contributed by atoms with Gasteiger partial charge in [0.25, 0.3) is 0 Å². The molecule has 0 atom stereocenters. The van der Waals surface area contributed by atoms with E-state index >= 15 is 0 Å². The maximum Gasteiger partial charge on any atom is 0.341 e. The summed E-state index contributed by atoms with van der Waals surface area (Å²) in [5.74, 6) is -0.791. The van der Waals surface area contributed by atoms with Gasteiger partial charge >= 0.3 is 5.97 Å². The van der Waals surface area contributed by atoms with Gasteiger partial charge in [-0.2, -0.15) is 4.31 Å². The van der Waals surface area contributed by atoms with Crippen molar-refractivity contribution in [3.05, 3.63) is 71.6 Å². The highest BCUT2D eigenvalue weighted by Crippen LogP contribution is 2.36. The summed E-state index contributed by atoms with van der Waals surface area (Å²) in [6.07, 6.45) is 0.